The van der Waals surface area contributed by atoms with Crippen molar-refractivity contribution in [3.05, 3.63) is 0 Å². The van der Waals surface area contributed by atoms with Crippen LogP contribution in [0.15, 0.2) is 0 Å². The van der Waals surface area contributed by atoms with Gasteiger partial charge in [0.2, 0.25) is 5.91 Å². The zero-order chi connectivity index (χ0) is 13.5. The lowest BCUT2D eigenvalue weighted by atomic mass is 10.0. The summed E-state index contributed by atoms with van der Waals surface area (Å²) in [5, 5.41) is 11.4. The molecule has 2 N–H and O–H groups in total. The van der Waals surface area contributed by atoms with Crippen molar-refractivity contribution in [3.63, 3.8) is 0 Å². The maximum absolute atomic E-state index is 11.5. The molecule has 17 heavy (non-hydrogen) atoms. The molecule has 6 nitrogen and oxygen atoms in total. The Morgan fingerprint density at radius 1 is 1.41 bits per heavy atom. The van der Waals surface area contributed by atoms with Crippen LogP contribution in [0, 0.1) is 0 Å². The van der Waals surface area contributed by atoms with Gasteiger partial charge in [-0.2, -0.15) is 0 Å². The highest BCUT2D eigenvalue weighted by Gasteiger charge is 2.34. The fourth-order valence-corrected chi connectivity index (χ4v) is 1.20. The van der Waals surface area contributed by atoms with Gasteiger partial charge in [0.1, 0.15) is 0 Å². The van der Waals surface area contributed by atoms with Crippen LogP contribution in [0.2, 0.25) is 0 Å². The van der Waals surface area contributed by atoms with E-state index in [1.807, 2.05) is 13.8 Å². The van der Waals surface area contributed by atoms with Crippen LogP contribution in [-0.2, 0) is 19.1 Å². The molecule has 0 spiro atoms. The van der Waals surface area contributed by atoms with E-state index < -0.39 is 11.5 Å². The van der Waals surface area contributed by atoms with Gasteiger partial charge in [-0.15, -0.1) is 0 Å². The lowest BCUT2D eigenvalue weighted by molar-refractivity contribution is -0.149. The Morgan fingerprint density at radius 2 is 2.00 bits per heavy atom. The Balaban J connectivity index is 4.18. The summed E-state index contributed by atoms with van der Waals surface area (Å²) in [6.45, 7) is 5.32. The van der Waals surface area contributed by atoms with Crippen LogP contribution in [-0.4, -0.2) is 48.9 Å². The highest BCUT2D eigenvalue weighted by Crippen LogP contribution is 2.05. The lowest BCUT2D eigenvalue weighted by Crippen LogP contribution is -2.55. The molecule has 6 heteroatoms. The summed E-state index contributed by atoms with van der Waals surface area (Å²) in [6.07, 6.45) is 0.178. The number of hydrogen-bond donors (Lipinski definition) is 2. The minimum atomic E-state index is -1.40. The van der Waals surface area contributed by atoms with Crippen molar-refractivity contribution in [2.45, 2.75) is 38.8 Å². The molecule has 0 radical (unpaired) electrons. The molecule has 0 heterocycles. The molecule has 0 aliphatic heterocycles. The van der Waals surface area contributed by atoms with Gasteiger partial charge in [0.05, 0.1) is 25.7 Å². The van der Waals surface area contributed by atoms with E-state index in [4.69, 9.17) is 14.6 Å². The SMILES string of the molecule is COCC(C)(NC(=O)CCOC(C)C)C(=O)O. The predicted octanol–water partition coefficient (Wildman–Crippen LogP) is 0.407. The molecule has 0 bridgehead atoms. The van der Waals surface area contributed by atoms with E-state index in [1.165, 1.54) is 14.0 Å². The maximum Gasteiger partial charge on any atom is 0.331 e. The average molecular weight is 247 g/mol. The number of amides is 1. The van der Waals surface area contributed by atoms with Crippen LogP contribution in [0.25, 0.3) is 0 Å². The van der Waals surface area contributed by atoms with E-state index in [2.05, 4.69) is 5.32 Å². The van der Waals surface area contributed by atoms with Gasteiger partial charge in [-0.1, -0.05) is 0 Å². The minimum Gasteiger partial charge on any atom is -0.479 e. The fraction of sp³-hybridized carbons (Fsp3) is 0.818. The molecular weight excluding hydrogens is 226 g/mol. The maximum atomic E-state index is 11.5. The van der Waals surface area contributed by atoms with Crippen LogP contribution in [0.4, 0.5) is 0 Å². The summed E-state index contributed by atoms with van der Waals surface area (Å²) in [5.41, 5.74) is -1.40. The van der Waals surface area contributed by atoms with E-state index in [1.54, 1.807) is 0 Å². The van der Waals surface area contributed by atoms with Crippen LogP contribution in [0.5, 0.6) is 0 Å². The van der Waals surface area contributed by atoms with Gasteiger partial charge in [-0.3, -0.25) is 4.79 Å². The van der Waals surface area contributed by atoms with Gasteiger partial charge in [0, 0.05) is 7.11 Å². The number of methoxy groups -OCH3 is 1. The molecule has 0 aromatic heterocycles. The standard InChI is InChI=1S/C11H21NO5/c1-8(2)17-6-5-9(13)12-11(3,7-16-4)10(14)15/h8H,5-7H2,1-4H3,(H,12,13)(H,14,15). The molecule has 1 unspecified atom stereocenters. The van der Waals surface area contributed by atoms with Crippen LogP contribution in [0.3, 0.4) is 0 Å². The normalized spacial score (nSPS) is 14.4. The number of carbonyl (C=O) groups excluding carboxylic acids is 1. The Labute approximate surface area is 101 Å². The first-order valence-corrected chi connectivity index (χ1v) is 5.46. The quantitative estimate of drug-likeness (QED) is 0.649. The van der Waals surface area contributed by atoms with Crippen LogP contribution >= 0.6 is 0 Å². The molecule has 0 aromatic carbocycles. The molecule has 0 saturated carbocycles. The van der Waals surface area contributed by atoms with Gasteiger partial charge in [-0.25, -0.2) is 4.79 Å². The topological polar surface area (TPSA) is 84.9 Å². The van der Waals surface area contributed by atoms with E-state index in [9.17, 15) is 9.59 Å². The van der Waals surface area contributed by atoms with Gasteiger partial charge in [0.15, 0.2) is 5.54 Å². The number of carbonyl (C=O) groups is 2. The van der Waals surface area contributed by atoms with Crippen molar-refractivity contribution in [2.24, 2.45) is 0 Å². The molecule has 1 amide bonds. The molecule has 0 rings (SSSR count). The largest absolute Gasteiger partial charge is 0.479 e. The zero-order valence-electron chi connectivity index (χ0n) is 10.8. The van der Waals surface area contributed by atoms with E-state index in [0.29, 0.717) is 0 Å². The Kier molecular flexibility index (Phi) is 6.75. The summed E-state index contributed by atoms with van der Waals surface area (Å²) >= 11 is 0. The van der Waals surface area contributed by atoms with Crippen molar-refractivity contribution in [1.29, 1.82) is 0 Å². The summed E-state index contributed by atoms with van der Waals surface area (Å²) in [4.78, 5) is 22.5. The molecule has 0 saturated heterocycles. The smallest absolute Gasteiger partial charge is 0.331 e. The Bertz CT molecular complexity index is 267. The lowest BCUT2D eigenvalue weighted by Gasteiger charge is -2.25. The highest BCUT2D eigenvalue weighted by molar-refractivity contribution is 5.86. The van der Waals surface area contributed by atoms with Crippen molar-refractivity contribution in [3.8, 4) is 0 Å². The first-order valence-electron chi connectivity index (χ1n) is 5.46. The van der Waals surface area contributed by atoms with Crippen LogP contribution < -0.4 is 5.32 Å². The second-order valence-electron chi connectivity index (χ2n) is 4.29. The number of aliphatic carboxylic acids is 1. The third-order valence-corrected chi connectivity index (χ3v) is 2.10. The van der Waals surface area contributed by atoms with Gasteiger partial charge < -0.3 is 19.9 Å². The first-order chi connectivity index (χ1) is 7.81. The fourth-order valence-electron chi connectivity index (χ4n) is 1.20. The van der Waals surface area contributed by atoms with Gasteiger partial charge >= 0.3 is 5.97 Å². The number of hydrogen-bond acceptors (Lipinski definition) is 4. The Morgan fingerprint density at radius 3 is 2.41 bits per heavy atom. The van der Waals surface area contributed by atoms with E-state index in [0.717, 1.165) is 0 Å². The van der Waals surface area contributed by atoms with Crippen molar-refractivity contribution in [2.75, 3.05) is 20.3 Å². The molecule has 1 atom stereocenters. The van der Waals surface area contributed by atoms with Gasteiger partial charge in [-0.05, 0) is 20.8 Å². The van der Waals surface area contributed by atoms with Crippen molar-refractivity contribution in [1.82, 2.24) is 5.32 Å². The predicted molar refractivity (Wildman–Crippen MR) is 61.8 cm³/mol. The molecular formula is C11H21NO5. The summed E-state index contributed by atoms with van der Waals surface area (Å²) in [7, 11) is 1.38. The summed E-state index contributed by atoms with van der Waals surface area (Å²) < 4.78 is 9.99. The van der Waals surface area contributed by atoms with Crippen molar-refractivity contribution < 1.29 is 24.2 Å². The number of nitrogens with one attached hydrogen (secondary N) is 1. The highest BCUT2D eigenvalue weighted by atomic mass is 16.5. The number of rotatable bonds is 8. The average Bonchev–Trinajstić information content (AvgIpc) is 2.16. The molecule has 0 fully saturated rings. The number of ether oxygens (including phenoxy) is 2. The van der Waals surface area contributed by atoms with Gasteiger partial charge in [0.25, 0.3) is 0 Å². The molecule has 0 aliphatic rings. The van der Waals surface area contributed by atoms with Crippen molar-refractivity contribution >= 4 is 11.9 Å². The molecule has 0 aromatic rings. The second kappa shape index (κ2) is 7.24. The summed E-state index contributed by atoms with van der Waals surface area (Å²) in [6, 6.07) is 0. The monoisotopic (exact) mass is 247 g/mol. The second-order valence-corrected chi connectivity index (χ2v) is 4.29. The zero-order valence-corrected chi connectivity index (χ0v) is 10.8. The molecule has 100 valence electrons. The number of carboxylic acids is 1. The third kappa shape index (κ3) is 6.23. The summed E-state index contributed by atoms with van der Waals surface area (Å²) in [5.74, 6) is -1.50. The van der Waals surface area contributed by atoms with E-state index in [-0.39, 0.29) is 31.6 Å². The number of carboxylic acid groups (broad SMARTS) is 1. The molecule has 0 aliphatic carbocycles. The van der Waals surface area contributed by atoms with Crippen LogP contribution in [0.1, 0.15) is 27.2 Å². The first kappa shape index (κ1) is 15.9. The Hall–Kier alpha value is -1.14. The van der Waals surface area contributed by atoms with E-state index >= 15 is 0 Å². The third-order valence-electron chi connectivity index (χ3n) is 2.10. The minimum absolute atomic E-state index is 0.0487.